The molecule has 2 saturated heterocycles. The summed E-state index contributed by atoms with van der Waals surface area (Å²) in [6, 6.07) is 10.4. The number of carbonyl (C=O) groups excluding carboxylic acids is 1. The van der Waals surface area contributed by atoms with Gasteiger partial charge in [0.1, 0.15) is 5.75 Å². The van der Waals surface area contributed by atoms with Gasteiger partial charge in [0.25, 0.3) is 0 Å². The number of alkyl halides is 3. The highest BCUT2D eigenvalue weighted by atomic mass is 32.2. The first-order chi connectivity index (χ1) is 17.1. The molecule has 2 fully saturated rings. The van der Waals surface area contributed by atoms with Crippen LogP contribution in [-0.2, 0) is 32.4 Å². The summed E-state index contributed by atoms with van der Waals surface area (Å²) in [7, 11) is -2.49. The minimum absolute atomic E-state index is 0.255. The van der Waals surface area contributed by atoms with Gasteiger partial charge >= 0.3 is 12.3 Å². The summed E-state index contributed by atoms with van der Waals surface area (Å²) in [5.41, 5.74) is 2.27. The molecule has 3 aliphatic rings. The summed E-state index contributed by atoms with van der Waals surface area (Å²) in [4.78, 5) is 14.4. The van der Waals surface area contributed by atoms with Crippen molar-refractivity contribution in [3.05, 3.63) is 53.6 Å². The second-order valence-electron chi connectivity index (χ2n) is 9.54. The lowest BCUT2D eigenvalue weighted by Crippen LogP contribution is -2.62. The number of nitrogens with zero attached hydrogens (tertiary/aromatic N) is 2. The summed E-state index contributed by atoms with van der Waals surface area (Å²) in [5, 5.41) is 0. The van der Waals surface area contributed by atoms with Crippen LogP contribution in [0.25, 0.3) is 0 Å². The number of piperidine rings is 1. The molecule has 5 rings (SSSR count). The SMILES string of the molecule is COC(=O)C1Cc2cccc(S(=O)(=O)N3C4CCCC3CN(c3ccc(OC(F)(F)F)cc3)C4)c2C1. The number of hydrogen-bond acceptors (Lipinski definition) is 6. The number of ether oxygens (including phenoxy) is 2. The Morgan fingerprint density at radius 3 is 2.28 bits per heavy atom. The van der Waals surface area contributed by atoms with Crippen LogP contribution in [0.15, 0.2) is 47.4 Å². The molecule has 2 aliphatic heterocycles. The van der Waals surface area contributed by atoms with Crippen LogP contribution >= 0.6 is 0 Å². The molecule has 2 aromatic rings. The van der Waals surface area contributed by atoms with Crippen LogP contribution < -0.4 is 9.64 Å². The van der Waals surface area contributed by atoms with Crippen molar-refractivity contribution >= 4 is 21.7 Å². The number of anilines is 1. The van der Waals surface area contributed by atoms with Crippen molar-refractivity contribution in [2.75, 3.05) is 25.1 Å². The van der Waals surface area contributed by atoms with Gasteiger partial charge in [0.05, 0.1) is 17.9 Å². The van der Waals surface area contributed by atoms with Gasteiger partial charge in [0.15, 0.2) is 0 Å². The molecular weight excluding hydrogens is 497 g/mol. The Bertz CT molecular complexity index is 1240. The Morgan fingerprint density at radius 1 is 1.00 bits per heavy atom. The van der Waals surface area contributed by atoms with Gasteiger partial charge in [0.2, 0.25) is 10.0 Å². The van der Waals surface area contributed by atoms with Crippen molar-refractivity contribution in [3.8, 4) is 5.75 Å². The monoisotopic (exact) mass is 524 g/mol. The van der Waals surface area contributed by atoms with E-state index < -0.39 is 16.4 Å². The number of hydrogen-bond donors (Lipinski definition) is 0. The summed E-state index contributed by atoms with van der Waals surface area (Å²) in [6.07, 6.45) is -1.67. The molecule has 0 aromatic heterocycles. The van der Waals surface area contributed by atoms with Crippen molar-refractivity contribution in [1.29, 1.82) is 0 Å². The van der Waals surface area contributed by atoms with Crippen LogP contribution in [0.1, 0.15) is 30.4 Å². The van der Waals surface area contributed by atoms with Crippen molar-refractivity contribution in [2.45, 2.75) is 55.4 Å². The highest BCUT2D eigenvalue weighted by molar-refractivity contribution is 7.89. The van der Waals surface area contributed by atoms with E-state index in [1.165, 1.54) is 19.2 Å². The van der Waals surface area contributed by atoms with E-state index in [0.29, 0.717) is 44.3 Å². The summed E-state index contributed by atoms with van der Waals surface area (Å²) >= 11 is 0. The smallest absolute Gasteiger partial charge is 0.469 e. The first-order valence-corrected chi connectivity index (χ1v) is 13.3. The van der Waals surface area contributed by atoms with Gasteiger partial charge in [-0.3, -0.25) is 4.79 Å². The van der Waals surface area contributed by atoms with Gasteiger partial charge in [-0.05, 0) is 67.1 Å². The fourth-order valence-corrected chi connectivity index (χ4v) is 7.97. The molecule has 0 N–H and O–H groups in total. The highest BCUT2D eigenvalue weighted by Gasteiger charge is 2.46. The third-order valence-corrected chi connectivity index (χ3v) is 9.42. The molecule has 7 nitrogen and oxygen atoms in total. The summed E-state index contributed by atoms with van der Waals surface area (Å²) in [6.45, 7) is 0.879. The largest absolute Gasteiger partial charge is 0.573 e. The van der Waals surface area contributed by atoms with Gasteiger partial charge in [0, 0.05) is 30.9 Å². The zero-order valence-corrected chi connectivity index (χ0v) is 20.5. The topological polar surface area (TPSA) is 76.2 Å². The van der Waals surface area contributed by atoms with E-state index in [0.717, 1.165) is 17.7 Å². The Balaban J connectivity index is 1.38. The quantitative estimate of drug-likeness (QED) is 0.553. The third kappa shape index (κ3) is 4.66. The lowest BCUT2D eigenvalue weighted by atomic mass is 9.94. The van der Waals surface area contributed by atoms with Crippen molar-refractivity contribution in [2.24, 2.45) is 5.92 Å². The van der Waals surface area contributed by atoms with Gasteiger partial charge in [-0.2, -0.15) is 4.31 Å². The predicted octanol–water partition coefficient (Wildman–Crippen LogP) is 3.91. The van der Waals surface area contributed by atoms with E-state index in [2.05, 4.69) is 4.74 Å². The number of sulfonamides is 1. The highest BCUT2D eigenvalue weighted by Crippen LogP contribution is 2.39. The molecule has 3 unspecified atom stereocenters. The van der Waals surface area contributed by atoms with Crippen LogP contribution in [0.2, 0.25) is 0 Å². The molecule has 36 heavy (non-hydrogen) atoms. The lowest BCUT2D eigenvalue weighted by Gasteiger charge is -2.49. The normalized spacial score (nSPS) is 24.3. The molecule has 2 bridgehead atoms. The second-order valence-corrected chi connectivity index (χ2v) is 11.4. The van der Waals surface area contributed by atoms with Crippen LogP contribution in [0.3, 0.4) is 0 Å². The van der Waals surface area contributed by atoms with E-state index in [4.69, 9.17) is 4.74 Å². The molecule has 11 heteroatoms. The molecule has 194 valence electrons. The molecule has 2 heterocycles. The van der Waals surface area contributed by atoms with Gasteiger partial charge < -0.3 is 14.4 Å². The molecule has 0 radical (unpaired) electrons. The number of carbonyl (C=O) groups is 1. The van der Waals surface area contributed by atoms with Gasteiger partial charge in [-0.15, -0.1) is 13.2 Å². The predicted molar refractivity (Wildman–Crippen MR) is 125 cm³/mol. The molecule has 0 amide bonds. The number of methoxy groups -OCH3 is 1. The first kappa shape index (κ1) is 24.9. The lowest BCUT2D eigenvalue weighted by molar-refractivity contribution is -0.274. The fraction of sp³-hybridized carbons (Fsp3) is 0.480. The Labute approximate surface area is 207 Å². The number of esters is 1. The molecular formula is C25H27F3N2O5S. The maximum absolute atomic E-state index is 14.0. The van der Waals surface area contributed by atoms with Crippen molar-refractivity contribution in [1.82, 2.24) is 4.31 Å². The minimum atomic E-state index is -4.76. The number of fused-ring (bicyclic) bond motifs is 3. The average molecular weight is 525 g/mol. The van der Waals surface area contributed by atoms with E-state index >= 15 is 0 Å². The minimum Gasteiger partial charge on any atom is -0.469 e. The average Bonchev–Trinajstić information content (AvgIpc) is 3.26. The van der Waals surface area contributed by atoms with Gasteiger partial charge in [-0.1, -0.05) is 18.6 Å². The van der Waals surface area contributed by atoms with Crippen LogP contribution in [0.5, 0.6) is 5.75 Å². The maximum Gasteiger partial charge on any atom is 0.573 e. The zero-order valence-electron chi connectivity index (χ0n) is 19.7. The van der Waals surface area contributed by atoms with Crippen LogP contribution in [0, 0.1) is 5.92 Å². The number of benzene rings is 2. The third-order valence-electron chi connectivity index (χ3n) is 7.33. The van der Waals surface area contributed by atoms with Crippen molar-refractivity contribution in [3.63, 3.8) is 0 Å². The van der Waals surface area contributed by atoms with E-state index in [9.17, 15) is 26.4 Å². The Kier molecular flexibility index (Phi) is 6.40. The van der Waals surface area contributed by atoms with E-state index in [-0.39, 0.29) is 34.6 Å². The summed E-state index contributed by atoms with van der Waals surface area (Å²) in [5.74, 6) is -1.02. The molecule has 1 aliphatic carbocycles. The van der Waals surface area contributed by atoms with E-state index in [1.807, 2.05) is 11.0 Å². The van der Waals surface area contributed by atoms with Gasteiger partial charge in [-0.25, -0.2) is 8.42 Å². The van der Waals surface area contributed by atoms with Crippen molar-refractivity contribution < 1.29 is 35.9 Å². The maximum atomic E-state index is 14.0. The molecule has 3 atom stereocenters. The van der Waals surface area contributed by atoms with E-state index in [1.54, 1.807) is 28.6 Å². The number of rotatable bonds is 5. The number of halogens is 3. The first-order valence-electron chi connectivity index (χ1n) is 11.9. The summed E-state index contributed by atoms with van der Waals surface area (Å²) < 4.78 is 75.9. The molecule has 0 saturated carbocycles. The Morgan fingerprint density at radius 2 is 1.67 bits per heavy atom. The zero-order chi connectivity index (χ0) is 25.7. The fourth-order valence-electron chi connectivity index (χ4n) is 5.84. The second kappa shape index (κ2) is 9.26. The van der Waals surface area contributed by atoms with Crippen LogP contribution in [0.4, 0.5) is 18.9 Å². The standard InChI is InChI=1S/C25H27F3N2O5S/c1-34-24(31)17-12-16-4-2-7-23(22(16)13-17)36(32,33)30-19-5-3-6-20(30)15-29(14-19)18-8-10-21(11-9-18)35-25(26,27)28/h2,4,7-11,17,19-20H,3,5-6,12-15H2,1H3. The molecule has 2 aromatic carbocycles. The molecule has 0 spiro atoms. The van der Waals surface area contributed by atoms with Crippen LogP contribution in [-0.4, -0.2) is 57.3 Å². The number of piperazine rings is 1. The Hall–Kier alpha value is -2.79.